The Morgan fingerprint density at radius 2 is 1.00 bits per heavy atom. The fourth-order valence-corrected chi connectivity index (χ4v) is 4.51. The van der Waals surface area contributed by atoms with E-state index in [0.717, 1.165) is 77.0 Å². The van der Waals surface area contributed by atoms with Crippen LogP contribution in [0.15, 0.2) is 85.1 Å². The molecule has 4 heteroatoms. The number of carbonyl (C=O) groups is 1. The van der Waals surface area contributed by atoms with Gasteiger partial charge in [-0.3, -0.25) is 4.79 Å². The molecule has 0 saturated carbocycles. The third-order valence-corrected chi connectivity index (χ3v) is 7.20. The lowest BCUT2D eigenvalue weighted by Gasteiger charge is -2.15. The van der Waals surface area contributed by atoms with Gasteiger partial charge in [0.15, 0.2) is 0 Å². The largest absolute Gasteiger partial charge is 0.457 e. The minimum atomic E-state index is -0.572. The minimum Gasteiger partial charge on any atom is -0.457 e. The zero-order chi connectivity index (χ0) is 32.7. The number of unbranched alkanes of at least 4 members (excludes halogenated alkanes) is 10. The summed E-state index contributed by atoms with van der Waals surface area (Å²) in [6, 6.07) is 0. The molecule has 0 saturated heterocycles. The van der Waals surface area contributed by atoms with Gasteiger partial charge in [-0.15, -0.1) is 0 Å². The van der Waals surface area contributed by atoms with Crippen LogP contribution in [0.2, 0.25) is 0 Å². The van der Waals surface area contributed by atoms with Crippen LogP contribution in [0, 0.1) is 0 Å². The van der Waals surface area contributed by atoms with Gasteiger partial charge in [-0.05, 0) is 83.5 Å². The second kappa shape index (κ2) is 37.8. The van der Waals surface area contributed by atoms with Crippen molar-refractivity contribution in [2.45, 2.75) is 148 Å². The summed E-state index contributed by atoms with van der Waals surface area (Å²) in [7, 11) is 0. The Bertz CT molecular complexity index is 830. The maximum atomic E-state index is 12.1. The summed E-state index contributed by atoms with van der Waals surface area (Å²) in [5.74, 6) is -0.235. The van der Waals surface area contributed by atoms with Crippen LogP contribution in [0.1, 0.15) is 142 Å². The first kappa shape index (κ1) is 42.6. The van der Waals surface area contributed by atoms with Crippen LogP contribution in [0.25, 0.3) is 0 Å². The van der Waals surface area contributed by atoms with E-state index in [9.17, 15) is 9.90 Å². The van der Waals surface area contributed by atoms with Gasteiger partial charge in [0.05, 0.1) is 13.2 Å². The molecule has 0 aliphatic rings. The average Bonchev–Trinajstić information content (AvgIpc) is 3.05. The van der Waals surface area contributed by atoms with Crippen LogP contribution in [-0.2, 0) is 14.3 Å². The summed E-state index contributed by atoms with van der Waals surface area (Å²) in [6.45, 7) is 5.04. The van der Waals surface area contributed by atoms with Crippen molar-refractivity contribution in [1.82, 2.24) is 0 Å². The summed E-state index contributed by atoms with van der Waals surface area (Å²) in [5.41, 5.74) is 0. The van der Waals surface area contributed by atoms with Gasteiger partial charge >= 0.3 is 5.97 Å². The number of ether oxygens (including phenoxy) is 2. The van der Waals surface area contributed by atoms with E-state index < -0.39 is 6.10 Å². The molecule has 4 nitrogen and oxygen atoms in total. The summed E-state index contributed by atoms with van der Waals surface area (Å²) in [4.78, 5) is 12.1. The van der Waals surface area contributed by atoms with Gasteiger partial charge in [0.25, 0.3) is 0 Å². The molecule has 0 bridgehead atoms. The fourth-order valence-electron chi connectivity index (χ4n) is 4.51. The predicted molar refractivity (Wildman–Crippen MR) is 195 cm³/mol. The van der Waals surface area contributed by atoms with Crippen LogP contribution < -0.4 is 0 Å². The molecule has 0 fully saturated rings. The van der Waals surface area contributed by atoms with E-state index in [2.05, 4.69) is 98.9 Å². The van der Waals surface area contributed by atoms with Crippen LogP contribution in [0.4, 0.5) is 0 Å². The van der Waals surface area contributed by atoms with Gasteiger partial charge in [0.1, 0.15) is 6.10 Å². The van der Waals surface area contributed by atoms with Crippen molar-refractivity contribution < 1.29 is 19.4 Å². The van der Waals surface area contributed by atoms with Gasteiger partial charge in [-0.2, -0.15) is 0 Å². The van der Waals surface area contributed by atoms with Crippen molar-refractivity contribution in [3.8, 4) is 0 Å². The third kappa shape index (κ3) is 35.9. The maximum absolute atomic E-state index is 12.1. The van der Waals surface area contributed by atoms with Crippen LogP contribution >= 0.6 is 0 Å². The Kier molecular flexibility index (Phi) is 35.7. The topological polar surface area (TPSA) is 55.8 Å². The summed E-state index contributed by atoms with van der Waals surface area (Å²) in [6.07, 6.45) is 52.0. The van der Waals surface area contributed by atoms with E-state index >= 15 is 0 Å². The number of rotatable bonds is 32. The van der Waals surface area contributed by atoms with Crippen molar-refractivity contribution in [2.24, 2.45) is 0 Å². The van der Waals surface area contributed by atoms with E-state index in [1.807, 2.05) is 0 Å². The number of allylic oxidation sites excluding steroid dienone is 14. The molecule has 1 atom stereocenters. The molecule has 0 amide bonds. The van der Waals surface area contributed by atoms with Crippen molar-refractivity contribution in [2.75, 3.05) is 19.8 Å². The summed E-state index contributed by atoms with van der Waals surface area (Å²) < 4.78 is 11.0. The first-order valence-corrected chi connectivity index (χ1v) is 18.2. The average molecular weight is 625 g/mol. The number of carbonyl (C=O) groups excluding carboxylic acids is 1. The lowest BCUT2D eigenvalue weighted by Crippen LogP contribution is -2.27. The smallest absolute Gasteiger partial charge is 0.306 e. The summed E-state index contributed by atoms with van der Waals surface area (Å²) >= 11 is 0. The standard InChI is InChI=1S/C41H68O4/c1-3-5-7-9-11-13-15-17-18-19-20-21-22-23-25-27-29-31-33-35-37-44-39-40(38-42)45-41(43)36-34-32-30-28-26-24-16-14-12-10-8-6-4-2/h5,7,11,13-14,16-18,20-21,23,25,29,31,40,42H,3-4,6,8-10,12,15,19,22,24,26-28,30,32-39H2,1-2H3/b7-5-,13-11-,16-14-,18-17-,21-20-,25-23-,31-29-. The lowest BCUT2D eigenvalue weighted by molar-refractivity contribution is -0.154. The molecule has 0 heterocycles. The number of hydrogen-bond acceptors (Lipinski definition) is 4. The molecule has 45 heavy (non-hydrogen) atoms. The number of aliphatic hydroxyl groups excluding tert-OH is 1. The van der Waals surface area contributed by atoms with Crippen LogP contribution in [-0.4, -0.2) is 37.0 Å². The molecule has 0 aliphatic carbocycles. The molecule has 0 aromatic carbocycles. The highest BCUT2D eigenvalue weighted by molar-refractivity contribution is 5.69. The zero-order valence-corrected chi connectivity index (χ0v) is 29.1. The van der Waals surface area contributed by atoms with E-state index in [-0.39, 0.29) is 19.2 Å². The molecule has 0 rings (SSSR count). The second-order valence-corrected chi connectivity index (χ2v) is 11.6. The first-order chi connectivity index (χ1) is 22.2. The molecule has 1 unspecified atom stereocenters. The second-order valence-electron chi connectivity index (χ2n) is 11.6. The molecule has 0 aromatic rings. The van der Waals surface area contributed by atoms with E-state index in [1.54, 1.807) is 0 Å². The highest BCUT2D eigenvalue weighted by atomic mass is 16.6. The van der Waals surface area contributed by atoms with E-state index in [0.29, 0.717) is 13.0 Å². The van der Waals surface area contributed by atoms with Gasteiger partial charge in [0, 0.05) is 13.0 Å². The molecular weight excluding hydrogens is 556 g/mol. The van der Waals surface area contributed by atoms with Crippen molar-refractivity contribution in [3.05, 3.63) is 85.1 Å². The maximum Gasteiger partial charge on any atom is 0.306 e. The Morgan fingerprint density at radius 3 is 1.53 bits per heavy atom. The quantitative estimate of drug-likeness (QED) is 0.0459. The predicted octanol–water partition coefficient (Wildman–Crippen LogP) is 11.6. The Labute approximate surface area is 278 Å². The van der Waals surface area contributed by atoms with Gasteiger partial charge in [0.2, 0.25) is 0 Å². The number of aliphatic hydroxyl groups is 1. The van der Waals surface area contributed by atoms with Crippen molar-refractivity contribution >= 4 is 5.97 Å². The fraction of sp³-hybridized carbons (Fsp3) is 0.634. The van der Waals surface area contributed by atoms with Gasteiger partial charge in [-0.25, -0.2) is 0 Å². The van der Waals surface area contributed by atoms with Gasteiger partial charge < -0.3 is 14.6 Å². The molecule has 1 N–H and O–H groups in total. The molecular formula is C41H68O4. The molecule has 256 valence electrons. The molecule has 0 radical (unpaired) electrons. The minimum absolute atomic E-state index is 0.203. The monoisotopic (exact) mass is 625 g/mol. The SMILES string of the molecule is CC/C=C\C/C=C\C/C=C\C/C=C\C/C=C\C/C=C\CCCOCC(CO)OC(=O)CCCCCCC/C=C\CCCCCC. The van der Waals surface area contributed by atoms with Crippen molar-refractivity contribution in [1.29, 1.82) is 0 Å². The van der Waals surface area contributed by atoms with Crippen LogP contribution in [0.5, 0.6) is 0 Å². The lowest BCUT2D eigenvalue weighted by atomic mass is 10.1. The Morgan fingerprint density at radius 1 is 0.556 bits per heavy atom. The van der Waals surface area contributed by atoms with E-state index in [1.165, 1.54) is 44.9 Å². The molecule has 0 spiro atoms. The van der Waals surface area contributed by atoms with Crippen LogP contribution in [0.3, 0.4) is 0 Å². The molecule has 0 aliphatic heterocycles. The normalized spacial score (nSPS) is 13.4. The number of esters is 1. The van der Waals surface area contributed by atoms with Gasteiger partial charge in [-0.1, -0.05) is 137 Å². The van der Waals surface area contributed by atoms with E-state index in [4.69, 9.17) is 9.47 Å². The third-order valence-electron chi connectivity index (χ3n) is 7.20. The first-order valence-electron chi connectivity index (χ1n) is 18.2. The highest BCUT2D eigenvalue weighted by Gasteiger charge is 2.13. The highest BCUT2D eigenvalue weighted by Crippen LogP contribution is 2.10. The molecule has 0 aromatic heterocycles. The van der Waals surface area contributed by atoms with Crippen molar-refractivity contribution in [3.63, 3.8) is 0 Å². The Hall–Kier alpha value is -2.43. The number of hydrogen-bond donors (Lipinski definition) is 1. The summed E-state index contributed by atoms with van der Waals surface area (Å²) in [5, 5.41) is 9.54. The zero-order valence-electron chi connectivity index (χ0n) is 29.1. The Balaban J connectivity index is 3.63.